The van der Waals surface area contributed by atoms with Crippen LogP contribution in [0.15, 0.2) is 18.2 Å². The lowest BCUT2D eigenvalue weighted by Gasteiger charge is -2.14. The van der Waals surface area contributed by atoms with Crippen molar-refractivity contribution in [3.05, 3.63) is 23.8 Å². The number of benzene rings is 1. The van der Waals surface area contributed by atoms with Crippen LogP contribution in [-0.2, 0) is 7.05 Å². The highest BCUT2D eigenvalue weighted by molar-refractivity contribution is 5.97. The van der Waals surface area contributed by atoms with Gasteiger partial charge in [0.15, 0.2) is 0 Å². The van der Waals surface area contributed by atoms with Crippen LogP contribution in [0.2, 0.25) is 0 Å². The number of carbonyl (C=O) groups is 1. The zero-order valence-electron chi connectivity index (χ0n) is 11.6. The minimum absolute atomic E-state index is 0. The number of carbonyl (C=O) groups excluding carboxylic acids is 1. The molecule has 8 heteroatoms. The van der Waals surface area contributed by atoms with E-state index in [1.54, 1.807) is 16.8 Å². The number of nitrogens with one attached hydrogen (secondary N) is 2. The summed E-state index contributed by atoms with van der Waals surface area (Å²) < 4.78 is 1.66. The van der Waals surface area contributed by atoms with Crippen LogP contribution >= 0.6 is 12.4 Å². The lowest BCUT2D eigenvalue weighted by Crippen LogP contribution is -2.34. The largest absolute Gasteiger partial charge is 0.391 e. The Balaban J connectivity index is 0.00000161. The predicted molar refractivity (Wildman–Crippen MR) is 80.5 cm³/mol. The van der Waals surface area contributed by atoms with Crippen LogP contribution in [0.4, 0.5) is 0 Å². The van der Waals surface area contributed by atoms with Crippen LogP contribution in [0, 0.1) is 5.92 Å². The van der Waals surface area contributed by atoms with Gasteiger partial charge in [0, 0.05) is 38.2 Å². The van der Waals surface area contributed by atoms with E-state index in [4.69, 9.17) is 0 Å². The number of aryl methyl sites for hydroxylation is 1. The molecule has 3 N–H and O–H groups in total. The molecule has 3 rings (SSSR count). The van der Waals surface area contributed by atoms with E-state index in [2.05, 4.69) is 20.9 Å². The van der Waals surface area contributed by atoms with E-state index < -0.39 is 6.10 Å². The Morgan fingerprint density at radius 3 is 3.05 bits per heavy atom. The summed E-state index contributed by atoms with van der Waals surface area (Å²) in [5.41, 5.74) is 2.14. The van der Waals surface area contributed by atoms with Gasteiger partial charge < -0.3 is 15.7 Å². The first-order chi connectivity index (χ1) is 9.65. The van der Waals surface area contributed by atoms with Crippen molar-refractivity contribution in [1.82, 2.24) is 25.6 Å². The van der Waals surface area contributed by atoms with Crippen LogP contribution < -0.4 is 10.6 Å². The van der Waals surface area contributed by atoms with E-state index in [-0.39, 0.29) is 24.2 Å². The molecule has 2 unspecified atom stereocenters. The van der Waals surface area contributed by atoms with Crippen molar-refractivity contribution < 1.29 is 9.90 Å². The molecule has 2 atom stereocenters. The number of halogens is 1. The summed E-state index contributed by atoms with van der Waals surface area (Å²) in [7, 11) is 1.81. The number of rotatable bonds is 3. The van der Waals surface area contributed by atoms with Gasteiger partial charge in [-0.3, -0.25) is 4.79 Å². The van der Waals surface area contributed by atoms with Gasteiger partial charge in [0.25, 0.3) is 5.91 Å². The Morgan fingerprint density at radius 1 is 1.52 bits per heavy atom. The molecule has 0 bridgehead atoms. The number of hydrogen-bond donors (Lipinski definition) is 3. The summed E-state index contributed by atoms with van der Waals surface area (Å²) in [6.07, 6.45) is -0.391. The maximum atomic E-state index is 12.1. The van der Waals surface area contributed by atoms with E-state index in [9.17, 15) is 9.90 Å². The smallest absolute Gasteiger partial charge is 0.251 e. The molecule has 1 fully saturated rings. The van der Waals surface area contributed by atoms with E-state index in [0.717, 1.165) is 12.1 Å². The molecule has 2 heterocycles. The van der Waals surface area contributed by atoms with Gasteiger partial charge in [-0.25, -0.2) is 4.68 Å². The van der Waals surface area contributed by atoms with Crippen LogP contribution in [0.25, 0.3) is 11.0 Å². The molecule has 1 aliphatic rings. The topological polar surface area (TPSA) is 92.1 Å². The van der Waals surface area contributed by atoms with E-state index in [0.29, 0.717) is 24.2 Å². The number of aliphatic hydroxyl groups excluding tert-OH is 1. The highest BCUT2D eigenvalue weighted by Gasteiger charge is 2.25. The number of fused-ring (bicyclic) bond motifs is 1. The third-order valence-electron chi connectivity index (χ3n) is 3.70. The Kier molecular flexibility index (Phi) is 4.76. The fourth-order valence-corrected chi connectivity index (χ4v) is 2.44. The second-order valence-electron chi connectivity index (χ2n) is 5.11. The monoisotopic (exact) mass is 311 g/mol. The summed E-state index contributed by atoms with van der Waals surface area (Å²) >= 11 is 0. The first-order valence-electron chi connectivity index (χ1n) is 6.61. The first kappa shape index (κ1) is 15.7. The SMILES string of the molecule is Cl.Cn1nnc2cc(C(=O)NCC3CNCC3O)ccc21. The molecule has 7 nitrogen and oxygen atoms in total. The minimum atomic E-state index is -0.391. The zero-order chi connectivity index (χ0) is 14.1. The van der Waals surface area contributed by atoms with Gasteiger partial charge in [-0.1, -0.05) is 5.21 Å². The summed E-state index contributed by atoms with van der Waals surface area (Å²) in [5, 5.41) is 23.5. The van der Waals surface area contributed by atoms with Crippen molar-refractivity contribution >= 4 is 29.3 Å². The highest BCUT2D eigenvalue weighted by atomic mass is 35.5. The van der Waals surface area contributed by atoms with Crippen LogP contribution in [0.5, 0.6) is 0 Å². The van der Waals surface area contributed by atoms with Crippen LogP contribution in [-0.4, -0.2) is 51.7 Å². The molecule has 0 saturated carbocycles. The molecule has 1 amide bonds. The van der Waals surface area contributed by atoms with E-state index in [1.165, 1.54) is 0 Å². The third-order valence-corrected chi connectivity index (χ3v) is 3.70. The molecule has 114 valence electrons. The average Bonchev–Trinajstić information content (AvgIpc) is 3.02. The molecular weight excluding hydrogens is 294 g/mol. The summed E-state index contributed by atoms with van der Waals surface area (Å²) in [6.45, 7) is 1.78. The molecule has 21 heavy (non-hydrogen) atoms. The van der Waals surface area contributed by atoms with Crippen LogP contribution in [0.3, 0.4) is 0 Å². The summed E-state index contributed by atoms with van der Waals surface area (Å²) in [5.74, 6) is -0.0872. The van der Waals surface area contributed by atoms with Gasteiger partial charge in [0.1, 0.15) is 5.52 Å². The number of aliphatic hydroxyl groups is 1. The van der Waals surface area contributed by atoms with Gasteiger partial charge in [-0.15, -0.1) is 17.5 Å². The molecule has 0 spiro atoms. The Morgan fingerprint density at radius 2 is 2.33 bits per heavy atom. The van der Waals surface area contributed by atoms with Crippen molar-refractivity contribution in [1.29, 1.82) is 0 Å². The maximum absolute atomic E-state index is 12.1. The minimum Gasteiger partial charge on any atom is -0.391 e. The number of aromatic nitrogens is 3. The van der Waals surface area contributed by atoms with Gasteiger partial charge in [-0.05, 0) is 18.2 Å². The maximum Gasteiger partial charge on any atom is 0.251 e. The predicted octanol–water partition coefficient (Wildman–Crippen LogP) is -0.300. The lowest BCUT2D eigenvalue weighted by atomic mass is 10.1. The highest BCUT2D eigenvalue weighted by Crippen LogP contribution is 2.13. The van der Waals surface area contributed by atoms with Crippen molar-refractivity contribution in [2.24, 2.45) is 13.0 Å². The van der Waals surface area contributed by atoms with Crippen molar-refractivity contribution in [2.45, 2.75) is 6.10 Å². The number of amides is 1. The third kappa shape index (κ3) is 3.15. The second kappa shape index (κ2) is 6.38. The molecule has 1 aromatic carbocycles. The Hall–Kier alpha value is -1.70. The normalized spacial score (nSPS) is 21.2. The molecule has 1 aromatic heterocycles. The quantitative estimate of drug-likeness (QED) is 0.724. The fraction of sp³-hybridized carbons (Fsp3) is 0.462. The van der Waals surface area contributed by atoms with Crippen molar-refractivity contribution in [2.75, 3.05) is 19.6 Å². The van der Waals surface area contributed by atoms with Gasteiger partial charge in [-0.2, -0.15) is 0 Å². The zero-order valence-corrected chi connectivity index (χ0v) is 12.4. The number of β-amino-alcohol motifs (C(OH)–C–C–N with tert-alkyl or cyclic N) is 1. The standard InChI is InChI=1S/C13H17N5O2.ClH/c1-18-11-3-2-8(4-10(11)16-17-18)13(20)15-6-9-5-14-7-12(9)19;/h2-4,9,12,14,19H,5-7H2,1H3,(H,15,20);1H. The number of nitrogens with zero attached hydrogens (tertiary/aromatic N) is 3. The Labute approximate surface area is 128 Å². The van der Waals surface area contributed by atoms with Crippen molar-refractivity contribution in [3.63, 3.8) is 0 Å². The summed E-state index contributed by atoms with van der Waals surface area (Å²) in [6, 6.07) is 5.31. The first-order valence-corrected chi connectivity index (χ1v) is 6.61. The van der Waals surface area contributed by atoms with Crippen molar-refractivity contribution in [3.8, 4) is 0 Å². The van der Waals surface area contributed by atoms with Gasteiger partial charge in [0.2, 0.25) is 0 Å². The molecule has 2 aromatic rings. The number of hydrogen-bond acceptors (Lipinski definition) is 5. The molecule has 1 aliphatic heterocycles. The second-order valence-corrected chi connectivity index (χ2v) is 5.11. The molecule has 0 aliphatic carbocycles. The van der Waals surface area contributed by atoms with E-state index in [1.807, 2.05) is 13.1 Å². The lowest BCUT2D eigenvalue weighted by molar-refractivity contribution is 0.0927. The molecular formula is C13H18ClN5O2. The van der Waals surface area contributed by atoms with E-state index >= 15 is 0 Å². The summed E-state index contributed by atoms with van der Waals surface area (Å²) in [4.78, 5) is 12.1. The fourth-order valence-electron chi connectivity index (χ4n) is 2.44. The molecule has 1 saturated heterocycles. The van der Waals surface area contributed by atoms with Gasteiger partial charge in [0.05, 0.1) is 11.6 Å². The van der Waals surface area contributed by atoms with Gasteiger partial charge >= 0.3 is 0 Å². The molecule has 0 radical (unpaired) electrons. The van der Waals surface area contributed by atoms with Crippen LogP contribution in [0.1, 0.15) is 10.4 Å². The Bertz CT molecular complexity index is 645. The average molecular weight is 312 g/mol.